The van der Waals surface area contributed by atoms with Gasteiger partial charge in [0, 0.05) is 73.8 Å². The fourth-order valence-electron chi connectivity index (χ4n) is 2.78. The quantitative estimate of drug-likeness (QED) is 0.414. The number of halogens is 1. The van der Waals surface area contributed by atoms with Crippen molar-refractivity contribution in [2.75, 3.05) is 19.4 Å². The number of nitriles is 1. The number of nitrogens with one attached hydrogen (secondary N) is 1. The first kappa shape index (κ1) is 22.4. The fourth-order valence-corrected chi connectivity index (χ4v) is 4.61. The molecule has 0 atom stereocenters. The number of allylic oxidation sites excluding steroid dienone is 1. The zero-order valence-corrected chi connectivity index (χ0v) is 19.9. The third-order valence-electron chi connectivity index (χ3n) is 3.81. The zero-order chi connectivity index (χ0) is 21.1. The van der Waals surface area contributed by atoms with E-state index >= 15 is 0 Å². The van der Waals surface area contributed by atoms with Crippen LogP contribution in [0.15, 0.2) is 30.0 Å². The number of aryl methyl sites for hydroxylation is 1. The standard InChI is InChI=1S/C20H25IN4O2S/c1-13-7-15-9-16(8-14(11-22)12-24(5)6)25(28-21)18(15)10-17(13)23-19(26)27-20(2,3)4/h7,9-10,12H,8H2,1-6H3,(H,23,26)/b14-12-. The van der Waals surface area contributed by atoms with Crippen LogP contribution in [0.4, 0.5) is 10.5 Å². The summed E-state index contributed by atoms with van der Waals surface area (Å²) >= 11 is 2.23. The van der Waals surface area contributed by atoms with Gasteiger partial charge in [0.1, 0.15) is 5.60 Å². The summed E-state index contributed by atoms with van der Waals surface area (Å²) in [5.41, 5.74) is 3.79. The fraction of sp³-hybridized carbons (Fsp3) is 0.400. The summed E-state index contributed by atoms with van der Waals surface area (Å²) < 4.78 is 7.44. The van der Waals surface area contributed by atoms with E-state index in [-0.39, 0.29) is 0 Å². The largest absolute Gasteiger partial charge is 0.444 e. The molecule has 0 unspecified atom stereocenters. The van der Waals surface area contributed by atoms with Crippen LogP contribution >= 0.6 is 30.3 Å². The summed E-state index contributed by atoms with van der Waals surface area (Å²) in [6, 6.07) is 8.35. The maximum absolute atomic E-state index is 12.2. The highest BCUT2D eigenvalue weighted by molar-refractivity contribution is 14.2. The van der Waals surface area contributed by atoms with Crippen molar-refractivity contribution in [3.8, 4) is 6.07 Å². The van der Waals surface area contributed by atoms with Crippen LogP contribution in [-0.2, 0) is 11.2 Å². The molecule has 6 nitrogen and oxygen atoms in total. The average molecular weight is 512 g/mol. The molecule has 1 aromatic heterocycles. The predicted octanol–water partition coefficient (Wildman–Crippen LogP) is 5.65. The second-order valence-electron chi connectivity index (χ2n) is 7.76. The maximum Gasteiger partial charge on any atom is 0.412 e. The minimum absolute atomic E-state index is 0.476. The lowest BCUT2D eigenvalue weighted by atomic mass is 10.1. The number of nitrogens with zero attached hydrogens (tertiary/aromatic N) is 3. The number of anilines is 1. The van der Waals surface area contributed by atoms with Crippen LogP contribution in [-0.4, -0.2) is 34.7 Å². The third kappa shape index (κ3) is 5.82. The van der Waals surface area contributed by atoms with E-state index in [1.807, 2.05) is 65.0 Å². The van der Waals surface area contributed by atoms with Gasteiger partial charge in [-0.2, -0.15) is 5.26 Å². The number of rotatable bonds is 5. The molecule has 0 radical (unpaired) electrons. The molecule has 1 N–H and O–H groups in total. The van der Waals surface area contributed by atoms with Gasteiger partial charge < -0.3 is 9.64 Å². The van der Waals surface area contributed by atoms with Crippen molar-refractivity contribution in [1.29, 1.82) is 5.26 Å². The molecule has 0 aliphatic carbocycles. The van der Waals surface area contributed by atoms with Crippen molar-refractivity contribution in [1.82, 2.24) is 8.87 Å². The first-order valence-corrected chi connectivity index (χ1v) is 12.1. The smallest absolute Gasteiger partial charge is 0.412 e. The summed E-state index contributed by atoms with van der Waals surface area (Å²) in [5, 5.41) is 13.3. The van der Waals surface area contributed by atoms with Gasteiger partial charge in [0.05, 0.1) is 17.2 Å². The number of ether oxygens (including phenoxy) is 1. The minimum Gasteiger partial charge on any atom is -0.444 e. The van der Waals surface area contributed by atoms with E-state index in [2.05, 4.69) is 42.6 Å². The molecule has 0 bridgehead atoms. The van der Waals surface area contributed by atoms with Crippen molar-refractivity contribution in [2.45, 2.75) is 39.7 Å². The second-order valence-corrected chi connectivity index (χ2v) is 9.44. The van der Waals surface area contributed by atoms with Gasteiger partial charge in [0.15, 0.2) is 0 Å². The Balaban J connectivity index is 2.42. The highest BCUT2D eigenvalue weighted by Gasteiger charge is 2.18. The van der Waals surface area contributed by atoms with E-state index in [1.54, 1.807) is 0 Å². The maximum atomic E-state index is 12.2. The summed E-state index contributed by atoms with van der Waals surface area (Å²) in [5.74, 6) is 0. The van der Waals surface area contributed by atoms with Gasteiger partial charge in [-0.3, -0.25) is 9.29 Å². The van der Waals surface area contributed by atoms with Gasteiger partial charge in [-0.25, -0.2) is 4.79 Å². The number of carbonyl (C=O) groups excluding carboxylic acids is 1. The number of carbonyl (C=O) groups is 1. The van der Waals surface area contributed by atoms with Crippen molar-refractivity contribution in [3.05, 3.63) is 41.2 Å². The summed E-state index contributed by atoms with van der Waals surface area (Å²) in [6.07, 6.45) is 1.89. The Bertz CT molecular complexity index is 952. The number of amides is 1. The van der Waals surface area contributed by atoms with Gasteiger partial charge in [0.25, 0.3) is 0 Å². The highest BCUT2D eigenvalue weighted by atomic mass is 127. The predicted molar refractivity (Wildman–Crippen MR) is 125 cm³/mol. The normalized spacial score (nSPS) is 12.0. The molecule has 0 aliphatic rings. The number of benzene rings is 1. The van der Waals surface area contributed by atoms with Crippen molar-refractivity contribution in [2.24, 2.45) is 0 Å². The number of aromatic nitrogens is 1. The summed E-state index contributed by atoms with van der Waals surface area (Å²) in [4.78, 5) is 14.0. The van der Waals surface area contributed by atoms with E-state index in [9.17, 15) is 10.1 Å². The molecule has 0 fully saturated rings. The second kappa shape index (κ2) is 9.09. The summed E-state index contributed by atoms with van der Waals surface area (Å²) in [6.45, 7) is 7.45. The van der Waals surface area contributed by atoms with Gasteiger partial charge >= 0.3 is 6.09 Å². The van der Waals surface area contributed by atoms with Gasteiger partial charge in [-0.05, 0) is 51.5 Å². The van der Waals surface area contributed by atoms with Crippen LogP contribution in [0.1, 0.15) is 32.0 Å². The van der Waals surface area contributed by atoms with Crippen LogP contribution in [0.5, 0.6) is 0 Å². The molecule has 8 heteroatoms. The molecular formula is C20H25IN4O2S. The third-order valence-corrected chi connectivity index (χ3v) is 5.56. The minimum atomic E-state index is -0.556. The van der Waals surface area contributed by atoms with Crippen molar-refractivity contribution < 1.29 is 9.53 Å². The van der Waals surface area contributed by atoms with E-state index in [4.69, 9.17) is 4.74 Å². The van der Waals surface area contributed by atoms with Crippen LogP contribution in [0.25, 0.3) is 10.9 Å². The first-order valence-electron chi connectivity index (χ1n) is 8.75. The lowest BCUT2D eigenvalue weighted by Crippen LogP contribution is -2.27. The Morgan fingerprint density at radius 1 is 1.39 bits per heavy atom. The Hall–Kier alpha value is -1.86. The molecule has 1 amide bonds. The van der Waals surface area contributed by atoms with Crippen LogP contribution < -0.4 is 5.32 Å². The summed E-state index contributed by atoms with van der Waals surface area (Å²) in [7, 11) is 5.34. The first-order chi connectivity index (χ1) is 13.0. The van der Waals surface area contributed by atoms with Gasteiger partial charge in [-0.1, -0.05) is 0 Å². The Morgan fingerprint density at radius 3 is 2.61 bits per heavy atom. The number of hydrogen-bond acceptors (Lipinski definition) is 5. The van der Waals surface area contributed by atoms with Crippen LogP contribution in [0, 0.1) is 18.3 Å². The van der Waals surface area contributed by atoms with Crippen molar-refractivity contribution >= 4 is 53.0 Å². The number of hydrogen-bond donors (Lipinski definition) is 1. The molecule has 150 valence electrons. The molecule has 0 aliphatic heterocycles. The van der Waals surface area contributed by atoms with Gasteiger partial charge in [-0.15, -0.1) is 0 Å². The lowest BCUT2D eigenvalue weighted by Gasteiger charge is -2.20. The van der Waals surface area contributed by atoms with Gasteiger partial charge in [0.2, 0.25) is 0 Å². The Kier molecular flexibility index (Phi) is 7.28. The van der Waals surface area contributed by atoms with Crippen molar-refractivity contribution in [3.63, 3.8) is 0 Å². The van der Waals surface area contributed by atoms with E-state index in [1.165, 1.54) is 9.12 Å². The zero-order valence-electron chi connectivity index (χ0n) is 17.0. The lowest BCUT2D eigenvalue weighted by molar-refractivity contribution is 0.0636. The highest BCUT2D eigenvalue weighted by Crippen LogP contribution is 2.33. The molecule has 0 spiro atoms. The monoisotopic (exact) mass is 512 g/mol. The van der Waals surface area contributed by atoms with E-state index < -0.39 is 11.7 Å². The van der Waals surface area contributed by atoms with E-state index in [0.29, 0.717) is 17.7 Å². The molecule has 0 saturated carbocycles. The number of fused-ring (bicyclic) bond motifs is 1. The molecule has 1 aromatic carbocycles. The average Bonchev–Trinajstić information content (AvgIpc) is 2.88. The molecule has 28 heavy (non-hydrogen) atoms. The SMILES string of the molecule is Cc1cc2cc(C/C(C#N)=C/N(C)C)n(SI)c2cc1NC(=O)OC(C)(C)C. The molecule has 2 rings (SSSR count). The van der Waals surface area contributed by atoms with Crippen LogP contribution in [0.3, 0.4) is 0 Å². The Morgan fingerprint density at radius 2 is 2.07 bits per heavy atom. The Labute approximate surface area is 182 Å². The molecular weight excluding hydrogens is 487 g/mol. The molecule has 0 saturated heterocycles. The topological polar surface area (TPSA) is 70.3 Å². The molecule has 2 aromatic rings. The van der Waals surface area contributed by atoms with Crippen LogP contribution in [0.2, 0.25) is 0 Å². The van der Waals surface area contributed by atoms with E-state index in [0.717, 1.165) is 22.2 Å². The molecule has 1 heterocycles.